The minimum absolute atomic E-state index is 0.00195. The molecular weight excluding hydrogens is 396 g/mol. The molecule has 0 radical (unpaired) electrons. The van der Waals surface area contributed by atoms with Crippen molar-refractivity contribution in [3.8, 4) is 0 Å². The molecule has 1 aliphatic rings. The molecule has 1 fully saturated rings. The normalized spacial score (nSPS) is 16.7. The quantitative estimate of drug-likeness (QED) is 0.418. The number of amides is 2. The van der Waals surface area contributed by atoms with E-state index in [0.29, 0.717) is 12.3 Å². The molecule has 0 saturated carbocycles. The Hall–Kier alpha value is -2.47. The zero-order valence-corrected chi connectivity index (χ0v) is 18.1. The third-order valence-corrected chi connectivity index (χ3v) is 6.99. The van der Waals surface area contributed by atoms with Crippen molar-refractivity contribution in [2.24, 2.45) is 0 Å². The van der Waals surface area contributed by atoms with E-state index in [1.807, 2.05) is 36.4 Å². The molecule has 5 nitrogen and oxygen atoms in total. The number of carbonyl (C=O) groups excluding carboxylic acids is 2. The van der Waals surface area contributed by atoms with Crippen molar-refractivity contribution in [1.82, 2.24) is 10.2 Å². The first-order valence-corrected chi connectivity index (χ1v) is 12.0. The summed E-state index contributed by atoms with van der Waals surface area (Å²) in [6.45, 7) is 0.613. The van der Waals surface area contributed by atoms with E-state index >= 15 is 0 Å². The SMILES string of the molecule is O=C(CN1C(=O)CC1S(=O)Cc1ccccc1)NCCCCCCc1ccccc1. The van der Waals surface area contributed by atoms with Gasteiger partial charge in [-0.25, -0.2) is 0 Å². The molecule has 2 atom stereocenters. The topological polar surface area (TPSA) is 66.5 Å². The summed E-state index contributed by atoms with van der Waals surface area (Å²) >= 11 is 0. The highest BCUT2D eigenvalue weighted by molar-refractivity contribution is 7.85. The highest BCUT2D eigenvalue weighted by Gasteiger charge is 2.40. The molecule has 2 amide bonds. The number of benzene rings is 2. The van der Waals surface area contributed by atoms with Crippen LogP contribution in [0.5, 0.6) is 0 Å². The summed E-state index contributed by atoms with van der Waals surface area (Å²) in [4.78, 5) is 25.6. The van der Waals surface area contributed by atoms with Gasteiger partial charge in [-0.2, -0.15) is 0 Å². The van der Waals surface area contributed by atoms with E-state index in [4.69, 9.17) is 0 Å². The molecule has 1 saturated heterocycles. The lowest BCUT2D eigenvalue weighted by atomic mass is 10.1. The molecule has 1 aliphatic heterocycles. The van der Waals surface area contributed by atoms with Gasteiger partial charge in [-0.05, 0) is 30.4 Å². The van der Waals surface area contributed by atoms with Crippen LogP contribution in [0.25, 0.3) is 0 Å². The van der Waals surface area contributed by atoms with Crippen molar-refractivity contribution in [2.45, 2.75) is 49.7 Å². The third-order valence-electron chi connectivity index (χ3n) is 5.34. The lowest BCUT2D eigenvalue weighted by Gasteiger charge is -2.39. The largest absolute Gasteiger partial charge is 0.355 e. The predicted molar refractivity (Wildman–Crippen MR) is 120 cm³/mol. The summed E-state index contributed by atoms with van der Waals surface area (Å²) in [5, 5.41) is 2.53. The first-order chi connectivity index (χ1) is 14.6. The van der Waals surface area contributed by atoms with Crippen LogP contribution in [0.3, 0.4) is 0 Å². The number of aryl methyl sites for hydroxylation is 1. The molecule has 2 unspecified atom stereocenters. The summed E-state index contributed by atoms with van der Waals surface area (Å²) in [6, 6.07) is 20.0. The lowest BCUT2D eigenvalue weighted by molar-refractivity contribution is -0.145. The highest BCUT2D eigenvalue weighted by Crippen LogP contribution is 2.24. The van der Waals surface area contributed by atoms with Gasteiger partial charge in [0.05, 0.1) is 12.2 Å². The van der Waals surface area contributed by atoms with Gasteiger partial charge in [-0.1, -0.05) is 73.5 Å². The van der Waals surface area contributed by atoms with Gasteiger partial charge in [0.25, 0.3) is 0 Å². The van der Waals surface area contributed by atoms with Crippen LogP contribution in [-0.4, -0.2) is 39.4 Å². The molecule has 1 N–H and O–H groups in total. The second-order valence-electron chi connectivity index (χ2n) is 7.69. The van der Waals surface area contributed by atoms with E-state index in [1.165, 1.54) is 10.5 Å². The van der Waals surface area contributed by atoms with Gasteiger partial charge in [0.2, 0.25) is 11.8 Å². The first-order valence-electron chi connectivity index (χ1n) is 10.6. The summed E-state index contributed by atoms with van der Waals surface area (Å²) < 4.78 is 12.6. The van der Waals surface area contributed by atoms with Crippen LogP contribution in [0, 0.1) is 0 Å². The Labute approximate surface area is 181 Å². The highest BCUT2D eigenvalue weighted by atomic mass is 32.2. The fraction of sp³-hybridized carbons (Fsp3) is 0.417. The number of rotatable bonds is 12. The van der Waals surface area contributed by atoms with Crippen molar-refractivity contribution < 1.29 is 13.8 Å². The van der Waals surface area contributed by atoms with Crippen molar-refractivity contribution in [1.29, 1.82) is 0 Å². The molecule has 2 aromatic rings. The van der Waals surface area contributed by atoms with Gasteiger partial charge in [0.15, 0.2) is 0 Å². The summed E-state index contributed by atoms with van der Waals surface area (Å²) in [6.07, 6.45) is 5.63. The van der Waals surface area contributed by atoms with Crippen molar-refractivity contribution >= 4 is 22.6 Å². The number of nitrogens with zero attached hydrogens (tertiary/aromatic N) is 1. The van der Waals surface area contributed by atoms with E-state index in [1.54, 1.807) is 0 Å². The number of hydrogen-bond acceptors (Lipinski definition) is 3. The van der Waals surface area contributed by atoms with Crippen LogP contribution in [-0.2, 0) is 32.6 Å². The summed E-state index contributed by atoms with van der Waals surface area (Å²) in [5.41, 5.74) is 2.34. The molecule has 0 spiro atoms. The number of nitrogens with one attached hydrogen (secondary N) is 1. The maximum absolute atomic E-state index is 12.6. The zero-order chi connectivity index (χ0) is 21.2. The Bertz CT molecular complexity index is 842. The Morgan fingerprint density at radius 1 is 0.933 bits per heavy atom. The number of unbranched alkanes of at least 4 members (excludes halogenated alkanes) is 3. The molecule has 30 heavy (non-hydrogen) atoms. The van der Waals surface area contributed by atoms with E-state index in [9.17, 15) is 13.8 Å². The van der Waals surface area contributed by atoms with Crippen molar-refractivity contribution in [3.05, 3.63) is 71.8 Å². The lowest BCUT2D eigenvalue weighted by Crippen LogP contribution is -2.57. The Morgan fingerprint density at radius 2 is 1.57 bits per heavy atom. The van der Waals surface area contributed by atoms with Crippen LogP contribution in [0.15, 0.2) is 60.7 Å². The molecule has 6 heteroatoms. The van der Waals surface area contributed by atoms with Crippen LogP contribution in [0.1, 0.15) is 43.2 Å². The van der Waals surface area contributed by atoms with Gasteiger partial charge < -0.3 is 10.2 Å². The van der Waals surface area contributed by atoms with Gasteiger partial charge in [-0.15, -0.1) is 0 Å². The van der Waals surface area contributed by atoms with Crippen molar-refractivity contribution in [2.75, 3.05) is 13.1 Å². The van der Waals surface area contributed by atoms with Gasteiger partial charge >= 0.3 is 0 Å². The molecule has 3 rings (SSSR count). The third kappa shape index (κ3) is 6.80. The average molecular weight is 427 g/mol. The van der Waals surface area contributed by atoms with Crippen LogP contribution >= 0.6 is 0 Å². The zero-order valence-electron chi connectivity index (χ0n) is 17.3. The monoisotopic (exact) mass is 426 g/mol. The number of likely N-dealkylation sites (tertiary alicyclic amines) is 1. The first kappa shape index (κ1) is 22.2. The maximum atomic E-state index is 12.6. The molecule has 160 valence electrons. The summed E-state index contributed by atoms with van der Waals surface area (Å²) in [5.74, 6) is 0.131. The minimum atomic E-state index is -1.20. The van der Waals surface area contributed by atoms with E-state index in [2.05, 4.69) is 29.6 Å². The predicted octanol–water partition coefficient (Wildman–Crippen LogP) is 3.41. The fourth-order valence-corrected chi connectivity index (χ4v) is 5.09. The molecule has 1 heterocycles. The molecule has 0 bridgehead atoms. The number of hydrogen-bond donors (Lipinski definition) is 1. The Kier molecular flexibility index (Phi) is 8.63. The van der Waals surface area contributed by atoms with Gasteiger partial charge in [0, 0.05) is 17.3 Å². The van der Waals surface area contributed by atoms with Gasteiger partial charge in [0.1, 0.15) is 11.9 Å². The summed E-state index contributed by atoms with van der Waals surface area (Å²) in [7, 11) is -1.20. The van der Waals surface area contributed by atoms with Crippen LogP contribution in [0.2, 0.25) is 0 Å². The second-order valence-corrected chi connectivity index (χ2v) is 9.29. The van der Waals surface area contributed by atoms with Crippen LogP contribution < -0.4 is 5.32 Å². The molecular formula is C24H30N2O3S. The number of β-lactam (4-membered cyclic amide) rings is 1. The van der Waals surface area contributed by atoms with Gasteiger partial charge in [-0.3, -0.25) is 13.8 Å². The minimum Gasteiger partial charge on any atom is -0.355 e. The molecule has 0 aromatic heterocycles. The standard InChI is InChI=1S/C24H30N2O3S/c27-22(25-16-10-2-1-5-11-20-12-6-3-7-13-20)18-26-23(28)17-24(26)30(29)19-21-14-8-4-9-15-21/h3-4,6-9,12-15,24H,1-2,5,10-11,16-19H2,(H,25,27). The van der Waals surface area contributed by atoms with E-state index in [0.717, 1.165) is 37.7 Å². The second kappa shape index (κ2) is 11.6. The molecule has 2 aromatic carbocycles. The van der Waals surface area contributed by atoms with Crippen molar-refractivity contribution in [3.63, 3.8) is 0 Å². The van der Waals surface area contributed by atoms with E-state index in [-0.39, 0.29) is 30.2 Å². The molecule has 0 aliphatic carbocycles. The number of carbonyl (C=O) groups is 2. The fourth-order valence-electron chi connectivity index (χ4n) is 3.58. The average Bonchev–Trinajstić information content (AvgIpc) is 2.76. The van der Waals surface area contributed by atoms with E-state index < -0.39 is 10.8 Å². The van der Waals surface area contributed by atoms with Crippen LogP contribution in [0.4, 0.5) is 0 Å². The maximum Gasteiger partial charge on any atom is 0.239 e. The smallest absolute Gasteiger partial charge is 0.239 e. The Morgan fingerprint density at radius 3 is 2.23 bits per heavy atom. The Balaban J connectivity index is 1.29.